The first-order valence-electron chi connectivity index (χ1n) is 25.9. The minimum absolute atomic E-state index is 0.608. The predicted molar refractivity (Wildman–Crippen MR) is 310 cm³/mol. The molecule has 10 aromatic rings. The molecule has 0 N–H and O–H groups in total. The van der Waals surface area contributed by atoms with Crippen molar-refractivity contribution in [2.45, 2.75) is 116 Å². The van der Waals surface area contributed by atoms with Crippen molar-refractivity contribution in [2.75, 3.05) is 0 Å². The third-order valence-electron chi connectivity index (χ3n) is 17.0. The zero-order valence-corrected chi connectivity index (χ0v) is 45.0. The fraction of sp³-hybridized carbons (Fsp3) is 0.273. The largest absolute Gasteiger partial charge is 0.455 e. The van der Waals surface area contributed by atoms with Crippen LogP contribution in [0.4, 0.5) is 0 Å². The Hall–Kier alpha value is -6.01. The Kier molecular flexibility index (Phi) is 12.2. The van der Waals surface area contributed by atoms with Gasteiger partial charge in [0.2, 0.25) is 0 Å². The lowest BCUT2D eigenvalue weighted by Gasteiger charge is -2.44. The molecule has 0 bridgehead atoms. The lowest BCUT2D eigenvalue weighted by atomic mass is 9.88. The lowest BCUT2D eigenvalue weighted by Crippen LogP contribution is -2.55. The van der Waals surface area contributed by atoms with Gasteiger partial charge in [-0.05, 0) is 98.6 Å². The Balaban J connectivity index is 1.22. The summed E-state index contributed by atoms with van der Waals surface area (Å²) in [7, 11) is -3.96. The van der Waals surface area contributed by atoms with Gasteiger partial charge in [0.25, 0.3) is 0 Å². The van der Waals surface area contributed by atoms with Crippen molar-refractivity contribution in [3.05, 3.63) is 170 Å². The van der Waals surface area contributed by atoms with Gasteiger partial charge in [0.05, 0.1) is 16.1 Å². The highest BCUT2D eigenvalue weighted by atomic mass is 28.3. The molecular weight excluding hydrogens is 865 g/mol. The molecule has 0 fully saturated rings. The predicted octanol–water partition coefficient (Wildman–Crippen LogP) is 19.5. The first-order chi connectivity index (χ1) is 33.3. The van der Waals surface area contributed by atoms with E-state index in [0.717, 1.165) is 33.0 Å². The van der Waals surface area contributed by atoms with E-state index in [1.54, 1.807) is 10.4 Å². The minimum Gasteiger partial charge on any atom is -0.455 e. The molecule has 0 amide bonds. The normalized spacial score (nSPS) is 12.8. The van der Waals surface area contributed by atoms with Gasteiger partial charge in [-0.15, -0.1) is 0 Å². The first-order valence-corrected chi connectivity index (χ1v) is 30.3. The van der Waals surface area contributed by atoms with Gasteiger partial charge in [0.1, 0.15) is 11.5 Å². The van der Waals surface area contributed by atoms with Crippen LogP contribution in [0.5, 0.6) is 11.5 Å². The molecule has 0 aliphatic rings. The third-order valence-corrected chi connectivity index (χ3v) is 31.2. The monoisotopic (exact) mass is 934 g/mol. The van der Waals surface area contributed by atoms with Gasteiger partial charge in [-0.1, -0.05) is 263 Å². The van der Waals surface area contributed by atoms with E-state index in [0.29, 0.717) is 33.2 Å². The van der Waals surface area contributed by atoms with Crippen LogP contribution in [-0.2, 0) is 0 Å². The summed E-state index contributed by atoms with van der Waals surface area (Å²) in [5.74, 6) is 1.79. The van der Waals surface area contributed by atoms with Crippen LogP contribution in [0, 0.1) is 0 Å². The number of hydrogen-bond acceptors (Lipinski definition) is 1. The maximum atomic E-state index is 7.68. The molecule has 1 nitrogen and oxygen atoms in total. The van der Waals surface area contributed by atoms with Crippen molar-refractivity contribution in [3.63, 3.8) is 0 Å². The number of rotatable bonds is 12. The molecule has 3 heteroatoms. The maximum Gasteiger partial charge on any atom is 0.143 e. The highest BCUT2D eigenvalue weighted by Crippen LogP contribution is 2.52. The van der Waals surface area contributed by atoms with E-state index in [9.17, 15) is 0 Å². The Morgan fingerprint density at radius 1 is 0.246 bits per heavy atom. The van der Waals surface area contributed by atoms with Crippen LogP contribution < -0.4 is 15.1 Å². The summed E-state index contributed by atoms with van der Waals surface area (Å²) >= 11 is 0. The molecule has 0 aliphatic heterocycles. The van der Waals surface area contributed by atoms with Crippen molar-refractivity contribution in [2.24, 2.45) is 0 Å². The average molecular weight is 935 g/mol. The minimum atomic E-state index is -1.98. The summed E-state index contributed by atoms with van der Waals surface area (Å²) in [4.78, 5) is 0. The maximum absolute atomic E-state index is 7.68. The summed E-state index contributed by atoms with van der Waals surface area (Å²) < 4.78 is 7.68. The van der Waals surface area contributed by atoms with E-state index in [4.69, 9.17) is 4.74 Å². The Labute approximate surface area is 413 Å². The smallest absolute Gasteiger partial charge is 0.143 e. The molecule has 69 heavy (non-hydrogen) atoms. The highest BCUT2D eigenvalue weighted by molar-refractivity contribution is 6.97. The molecular formula is C66H70OSi2. The molecule has 0 saturated heterocycles. The molecule has 10 aromatic carbocycles. The Morgan fingerprint density at radius 2 is 0.464 bits per heavy atom. The second-order valence-electron chi connectivity index (χ2n) is 21.9. The molecule has 10 rings (SSSR count). The summed E-state index contributed by atoms with van der Waals surface area (Å²) in [5.41, 5.74) is 8.74. The van der Waals surface area contributed by atoms with Crippen molar-refractivity contribution < 1.29 is 4.74 Å². The zero-order valence-electron chi connectivity index (χ0n) is 43.0. The molecule has 0 spiro atoms. The summed E-state index contributed by atoms with van der Waals surface area (Å²) in [5, 5.41) is 17.9. The van der Waals surface area contributed by atoms with Crippen molar-refractivity contribution in [1.82, 2.24) is 0 Å². The molecule has 0 aromatic heterocycles. The molecule has 0 atom stereocenters. The van der Waals surface area contributed by atoms with Gasteiger partial charge < -0.3 is 4.74 Å². The summed E-state index contributed by atoms with van der Waals surface area (Å²) in [6, 6.07) is 64.3. The molecule has 0 saturated carbocycles. The van der Waals surface area contributed by atoms with Gasteiger partial charge in [-0.25, -0.2) is 0 Å². The van der Waals surface area contributed by atoms with E-state index in [1.165, 1.54) is 65.3 Å². The summed E-state index contributed by atoms with van der Waals surface area (Å²) in [6.45, 7) is 29.7. The summed E-state index contributed by atoms with van der Waals surface area (Å²) in [6.07, 6.45) is 0. The van der Waals surface area contributed by atoms with E-state index in [-0.39, 0.29) is 0 Å². The van der Waals surface area contributed by atoms with Gasteiger partial charge in [-0.3, -0.25) is 0 Å². The van der Waals surface area contributed by atoms with Crippen LogP contribution in [-0.4, -0.2) is 16.1 Å². The topological polar surface area (TPSA) is 9.23 Å². The lowest BCUT2D eigenvalue weighted by molar-refractivity contribution is 0.505. The van der Waals surface area contributed by atoms with Crippen molar-refractivity contribution in [3.8, 4) is 33.8 Å². The van der Waals surface area contributed by atoms with Crippen LogP contribution in [0.3, 0.4) is 0 Å². The second kappa shape index (κ2) is 18.1. The van der Waals surface area contributed by atoms with Crippen LogP contribution in [0.1, 0.15) is 83.1 Å². The van der Waals surface area contributed by atoms with Crippen LogP contribution in [0.25, 0.3) is 86.9 Å². The van der Waals surface area contributed by atoms with E-state index < -0.39 is 16.1 Å². The standard InChI is InChI=1S/C66H70OSi2/c1-41(2)68(42(3)4,43(5)6)61-39-37-55(47-25-13-15-27-49(47)61)63-51-29-17-21-33-57(51)65(58-34-22-18-30-52(58)63)67-66-59-35-23-19-31-53(59)64(54-32-20-24-36-60(54)66)56-38-40-62(50-28-16-14-26-48(50)56)69(44(7)8,45(9)10)46(11)12/h13-46H,1-12H3. The average Bonchev–Trinajstić information content (AvgIpc) is 3.34. The van der Waals surface area contributed by atoms with Crippen LogP contribution in [0.2, 0.25) is 33.2 Å². The molecule has 0 unspecified atom stereocenters. The van der Waals surface area contributed by atoms with E-state index >= 15 is 0 Å². The highest BCUT2D eigenvalue weighted by Gasteiger charge is 2.46. The van der Waals surface area contributed by atoms with Gasteiger partial charge in [0.15, 0.2) is 0 Å². The number of benzene rings is 10. The number of hydrogen-bond donors (Lipinski definition) is 0. The fourth-order valence-corrected chi connectivity index (χ4v) is 28.6. The fourth-order valence-electron chi connectivity index (χ4n) is 14.7. The second-order valence-corrected chi connectivity index (χ2v) is 33.6. The molecule has 0 heterocycles. The van der Waals surface area contributed by atoms with Gasteiger partial charge >= 0.3 is 0 Å². The molecule has 0 aliphatic carbocycles. The Bertz CT molecular complexity index is 3180. The number of fused-ring (bicyclic) bond motifs is 6. The van der Waals surface area contributed by atoms with Crippen LogP contribution in [0.15, 0.2) is 170 Å². The van der Waals surface area contributed by atoms with E-state index in [2.05, 4.69) is 253 Å². The van der Waals surface area contributed by atoms with Gasteiger partial charge in [0, 0.05) is 21.5 Å². The van der Waals surface area contributed by atoms with Crippen molar-refractivity contribution in [1.29, 1.82) is 0 Å². The molecule has 348 valence electrons. The quantitative estimate of drug-likeness (QED) is 0.0876. The van der Waals surface area contributed by atoms with Crippen LogP contribution >= 0.6 is 0 Å². The zero-order chi connectivity index (χ0) is 48.5. The number of ether oxygens (including phenoxy) is 1. The molecule has 0 radical (unpaired) electrons. The van der Waals surface area contributed by atoms with E-state index in [1.807, 2.05) is 0 Å². The van der Waals surface area contributed by atoms with Gasteiger partial charge in [-0.2, -0.15) is 0 Å². The van der Waals surface area contributed by atoms with Crippen molar-refractivity contribution >= 4 is 91.2 Å². The first kappa shape index (κ1) is 46.7. The Morgan fingerprint density at radius 3 is 0.710 bits per heavy atom. The third kappa shape index (κ3) is 7.04. The SMILES string of the molecule is CC(C)[Si](c1ccc(-c2c3ccccc3c(Oc3c4ccccc4c(-c4ccc([Si](C(C)C)(C(C)C)C(C)C)c5ccccc45)c4ccccc34)c3ccccc23)c2ccccc12)(C(C)C)C(C)C.